The van der Waals surface area contributed by atoms with Crippen LogP contribution in [0.5, 0.6) is 0 Å². The standard InChI is InChI=1S/C12H25BN2/c1-10(2)15-7-6-13(9-14-3)12(8-15)11-4-5-11/h10-12,14H,4-9H2,1-3H3/t12-/m1/s1. The van der Waals surface area contributed by atoms with Gasteiger partial charge in [0, 0.05) is 6.04 Å². The van der Waals surface area contributed by atoms with Gasteiger partial charge in [0.15, 0.2) is 6.71 Å². The van der Waals surface area contributed by atoms with E-state index in [1.165, 1.54) is 38.7 Å². The third-order valence-corrected chi connectivity index (χ3v) is 4.26. The maximum Gasteiger partial charge on any atom is 0.162 e. The fourth-order valence-electron chi connectivity index (χ4n) is 3.10. The first kappa shape index (κ1) is 11.5. The van der Waals surface area contributed by atoms with Crippen LogP contribution in [0.4, 0.5) is 0 Å². The molecule has 0 unspecified atom stereocenters. The monoisotopic (exact) mass is 208 g/mol. The van der Waals surface area contributed by atoms with Crippen molar-refractivity contribution in [1.29, 1.82) is 0 Å². The van der Waals surface area contributed by atoms with Gasteiger partial charge in [-0.1, -0.05) is 19.2 Å². The Hall–Kier alpha value is -0.0151. The van der Waals surface area contributed by atoms with E-state index in [0.29, 0.717) is 0 Å². The summed E-state index contributed by atoms with van der Waals surface area (Å²) in [6.07, 6.45) is 5.63. The number of rotatable bonds is 4. The Bertz CT molecular complexity index is 204. The summed E-state index contributed by atoms with van der Waals surface area (Å²) >= 11 is 0. The van der Waals surface area contributed by atoms with E-state index in [9.17, 15) is 0 Å². The first-order valence-electron chi connectivity index (χ1n) is 6.61. The van der Waals surface area contributed by atoms with Gasteiger partial charge in [-0.3, -0.25) is 0 Å². The lowest BCUT2D eigenvalue weighted by atomic mass is 9.36. The molecule has 86 valence electrons. The molecule has 0 bridgehead atoms. The van der Waals surface area contributed by atoms with E-state index in [1.54, 1.807) is 0 Å². The van der Waals surface area contributed by atoms with Gasteiger partial charge in [0.1, 0.15) is 0 Å². The van der Waals surface area contributed by atoms with Crippen molar-refractivity contribution in [3.05, 3.63) is 0 Å². The first-order valence-corrected chi connectivity index (χ1v) is 6.61. The summed E-state index contributed by atoms with van der Waals surface area (Å²) in [5.74, 6) is 2.04. The molecular weight excluding hydrogens is 183 g/mol. The fraction of sp³-hybridized carbons (Fsp3) is 1.00. The van der Waals surface area contributed by atoms with Crippen LogP contribution in [-0.2, 0) is 0 Å². The van der Waals surface area contributed by atoms with Crippen LogP contribution in [0.1, 0.15) is 26.7 Å². The van der Waals surface area contributed by atoms with Gasteiger partial charge >= 0.3 is 0 Å². The van der Waals surface area contributed by atoms with Crippen molar-refractivity contribution in [2.45, 2.75) is 44.9 Å². The molecule has 1 atom stereocenters. The second-order valence-corrected chi connectivity index (χ2v) is 5.70. The smallest absolute Gasteiger partial charge is 0.162 e. The molecule has 0 aromatic rings. The number of nitrogens with one attached hydrogen (secondary N) is 1. The van der Waals surface area contributed by atoms with Crippen LogP contribution < -0.4 is 5.32 Å². The van der Waals surface area contributed by atoms with Crippen LogP contribution >= 0.6 is 0 Å². The van der Waals surface area contributed by atoms with Crippen molar-refractivity contribution >= 4 is 6.71 Å². The molecule has 1 saturated heterocycles. The molecule has 0 amide bonds. The van der Waals surface area contributed by atoms with Crippen LogP contribution in [-0.4, -0.2) is 44.2 Å². The Balaban J connectivity index is 1.92. The zero-order chi connectivity index (χ0) is 10.8. The van der Waals surface area contributed by atoms with Crippen LogP contribution in [0.3, 0.4) is 0 Å². The Kier molecular flexibility index (Phi) is 3.73. The van der Waals surface area contributed by atoms with E-state index in [1.807, 2.05) is 0 Å². The predicted octanol–water partition coefficient (Wildman–Crippen LogP) is 1.74. The summed E-state index contributed by atoms with van der Waals surface area (Å²) < 4.78 is 0. The van der Waals surface area contributed by atoms with E-state index in [4.69, 9.17) is 0 Å². The van der Waals surface area contributed by atoms with Gasteiger partial charge < -0.3 is 10.2 Å². The normalized spacial score (nSPS) is 28.8. The third kappa shape index (κ3) is 2.76. The SMILES string of the molecule is CNCB1CCN(C(C)C)C[C@@H]1C1CC1. The molecule has 1 aliphatic heterocycles. The third-order valence-electron chi connectivity index (χ3n) is 4.26. The minimum absolute atomic E-state index is 0.738. The van der Waals surface area contributed by atoms with Crippen molar-refractivity contribution in [3.8, 4) is 0 Å². The van der Waals surface area contributed by atoms with Crippen LogP contribution in [0.25, 0.3) is 0 Å². The van der Waals surface area contributed by atoms with Gasteiger partial charge in [0.2, 0.25) is 0 Å². The molecule has 1 saturated carbocycles. The second kappa shape index (κ2) is 4.88. The molecule has 3 heteroatoms. The lowest BCUT2D eigenvalue weighted by molar-refractivity contribution is 0.213. The molecule has 0 aromatic carbocycles. The highest BCUT2D eigenvalue weighted by Gasteiger charge is 2.41. The van der Waals surface area contributed by atoms with Gasteiger partial charge in [0.25, 0.3) is 0 Å². The minimum Gasteiger partial charge on any atom is -0.327 e. The van der Waals surface area contributed by atoms with E-state index < -0.39 is 0 Å². The average molecular weight is 208 g/mol. The van der Waals surface area contributed by atoms with Crippen molar-refractivity contribution in [2.24, 2.45) is 5.92 Å². The summed E-state index contributed by atoms with van der Waals surface area (Å²) in [4.78, 5) is 2.68. The fourth-order valence-corrected chi connectivity index (χ4v) is 3.10. The summed E-state index contributed by atoms with van der Waals surface area (Å²) in [7, 11) is 2.10. The molecule has 2 nitrogen and oxygen atoms in total. The van der Waals surface area contributed by atoms with Crippen molar-refractivity contribution in [3.63, 3.8) is 0 Å². The summed E-state index contributed by atoms with van der Waals surface area (Å²) in [5, 5.41) is 3.38. The Morgan fingerprint density at radius 3 is 2.67 bits per heavy atom. The predicted molar refractivity (Wildman–Crippen MR) is 67.7 cm³/mol. The van der Waals surface area contributed by atoms with Crippen molar-refractivity contribution in [2.75, 3.05) is 26.6 Å². The van der Waals surface area contributed by atoms with Gasteiger partial charge in [-0.2, -0.15) is 0 Å². The van der Waals surface area contributed by atoms with Crippen LogP contribution in [0.2, 0.25) is 12.1 Å². The molecule has 2 aliphatic rings. The molecule has 1 heterocycles. The molecule has 0 spiro atoms. The topological polar surface area (TPSA) is 15.3 Å². The molecule has 1 N–H and O–H groups in total. The van der Waals surface area contributed by atoms with Gasteiger partial charge in [-0.25, -0.2) is 0 Å². The zero-order valence-corrected chi connectivity index (χ0v) is 10.5. The summed E-state index contributed by atoms with van der Waals surface area (Å²) in [6.45, 7) is 8.28. The number of hydrogen-bond donors (Lipinski definition) is 1. The zero-order valence-electron chi connectivity index (χ0n) is 10.5. The highest BCUT2D eigenvalue weighted by Crippen LogP contribution is 2.44. The van der Waals surface area contributed by atoms with Crippen molar-refractivity contribution in [1.82, 2.24) is 10.2 Å². The number of hydrogen-bond acceptors (Lipinski definition) is 2. The molecule has 2 fully saturated rings. The molecular formula is C12H25BN2. The minimum atomic E-state index is 0.738. The van der Waals surface area contributed by atoms with E-state index >= 15 is 0 Å². The van der Waals surface area contributed by atoms with E-state index in [-0.39, 0.29) is 0 Å². The Morgan fingerprint density at radius 2 is 2.13 bits per heavy atom. The molecule has 0 aromatic heterocycles. The van der Waals surface area contributed by atoms with Crippen LogP contribution in [0.15, 0.2) is 0 Å². The molecule has 1 aliphatic carbocycles. The quantitative estimate of drug-likeness (QED) is 0.708. The van der Waals surface area contributed by atoms with Crippen molar-refractivity contribution < 1.29 is 0 Å². The average Bonchev–Trinajstić information content (AvgIpc) is 3.02. The Morgan fingerprint density at radius 1 is 1.40 bits per heavy atom. The highest BCUT2D eigenvalue weighted by molar-refractivity contribution is 6.61. The number of nitrogens with zero attached hydrogens (tertiary/aromatic N) is 1. The summed E-state index contributed by atoms with van der Waals surface area (Å²) in [6, 6.07) is 0.738. The Labute approximate surface area is 94.9 Å². The van der Waals surface area contributed by atoms with E-state index in [2.05, 4.69) is 31.1 Å². The largest absolute Gasteiger partial charge is 0.327 e. The molecule has 2 rings (SSSR count). The lowest BCUT2D eigenvalue weighted by Crippen LogP contribution is -2.49. The first-order chi connectivity index (χ1) is 7.22. The highest BCUT2D eigenvalue weighted by atomic mass is 15.1. The lowest BCUT2D eigenvalue weighted by Gasteiger charge is -2.39. The summed E-state index contributed by atoms with van der Waals surface area (Å²) in [5.41, 5.74) is 0. The maximum absolute atomic E-state index is 3.38. The van der Waals surface area contributed by atoms with Gasteiger partial charge in [-0.15, -0.1) is 0 Å². The molecule has 0 radical (unpaired) electrons. The van der Waals surface area contributed by atoms with Crippen LogP contribution in [0, 0.1) is 5.92 Å². The van der Waals surface area contributed by atoms with Gasteiger partial charge in [0.05, 0.1) is 0 Å². The maximum atomic E-state index is 3.38. The van der Waals surface area contributed by atoms with Gasteiger partial charge in [-0.05, 0) is 52.2 Å². The van der Waals surface area contributed by atoms with E-state index in [0.717, 1.165) is 24.5 Å². The second-order valence-electron chi connectivity index (χ2n) is 5.70. The molecule has 15 heavy (non-hydrogen) atoms.